The van der Waals surface area contributed by atoms with Gasteiger partial charge in [-0.15, -0.1) is 0 Å². The zero-order valence-electron chi connectivity index (χ0n) is 16.6. The molecule has 1 aromatic heterocycles. The Bertz CT molecular complexity index is 974. The second-order valence-corrected chi connectivity index (χ2v) is 6.20. The second-order valence-electron chi connectivity index (χ2n) is 6.20. The Balaban J connectivity index is 1.59. The Morgan fingerprint density at radius 2 is 1.72 bits per heavy atom. The topological polar surface area (TPSA) is 81.7 Å². The Labute approximate surface area is 169 Å². The maximum Gasteiger partial charge on any atom is 0.228 e. The minimum atomic E-state index is -0.146. The van der Waals surface area contributed by atoms with E-state index in [9.17, 15) is 4.79 Å². The largest absolute Gasteiger partial charge is 0.497 e. The molecule has 0 radical (unpaired) electrons. The average Bonchev–Trinajstić information content (AvgIpc) is 2.75. The van der Waals surface area contributed by atoms with Gasteiger partial charge in [-0.1, -0.05) is 12.1 Å². The molecular formula is C22H23N3O4. The Morgan fingerprint density at radius 3 is 2.41 bits per heavy atom. The van der Waals surface area contributed by atoms with Crippen molar-refractivity contribution in [1.82, 2.24) is 4.98 Å². The summed E-state index contributed by atoms with van der Waals surface area (Å²) < 4.78 is 15.7. The van der Waals surface area contributed by atoms with E-state index in [2.05, 4.69) is 15.6 Å². The van der Waals surface area contributed by atoms with E-state index in [0.717, 1.165) is 17.0 Å². The van der Waals surface area contributed by atoms with E-state index < -0.39 is 0 Å². The lowest BCUT2D eigenvalue weighted by atomic mass is 10.1. The molecule has 3 rings (SSSR count). The number of ether oxygens (including phenoxy) is 3. The normalized spacial score (nSPS) is 10.2. The highest BCUT2D eigenvalue weighted by molar-refractivity contribution is 5.92. The number of nitrogens with zero attached hydrogens (tertiary/aromatic N) is 1. The summed E-state index contributed by atoms with van der Waals surface area (Å²) in [6.07, 6.45) is 1.82. The first kappa shape index (κ1) is 20.0. The van der Waals surface area contributed by atoms with Gasteiger partial charge in [-0.2, -0.15) is 0 Å². The fraction of sp³-hybridized carbons (Fsp3) is 0.182. The van der Waals surface area contributed by atoms with Gasteiger partial charge < -0.3 is 24.8 Å². The summed E-state index contributed by atoms with van der Waals surface area (Å²) >= 11 is 0. The van der Waals surface area contributed by atoms with Gasteiger partial charge in [-0.25, -0.2) is 4.98 Å². The average molecular weight is 393 g/mol. The van der Waals surface area contributed by atoms with Crippen molar-refractivity contribution in [3.8, 4) is 17.2 Å². The van der Waals surface area contributed by atoms with E-state index in [0.29, 0.717) is 23.0 Å². The molecule has 1 heterocycles. The quantitative estimate of drug-likeness (QED) is 0.601. The Morgan fingerprint density at radius 1 is 0.897 bits per heavy atom. The van der Waals surface area contributed by atoms with Crippen molar-refractivity contribution in [2.75, 3.05) is 32.0 Å². The summed E-state index contributed by atoms with van der Waals surface area (Å²) in [4.78, 5) is 16.7. The molecule has 0 unspecified atom stereocenters. The van der Waals surface area contributed by atoms with Gasteiger partial charge in [0.15, 0.2) is 11.5 Å². The molecule has 29 heavy (non-hydrogen) atoms. The van der Waals surface area contributed by atoms with Crippen LogP contribution in [0, 0.1) is 0 Å². The third-order valence-electron chi connectivity index (χ3n) is 4.20. The van der Waals surface area contributed by atoms with Gasteiger partial charge in [0.25, 0.3) is 0 Å². The van der Waals surface area contributed by atoms with Crippen molar-refractivity contribution in [2.45, 2.75) is 6.42 Å². The van der Waals surface area contributed by atoms with E-state index in [-0.39, 0.29) is 12.3 Å². The van der Waals surface area contributed by atoms with Crippen LogP contribution in [0.3, 0.4) is 0 Å². The zero-order valence-corrected chi connectivity index (χ0v) is 16.6. The zero-order chi connectivity index (χ0) is 20.6. The van der Waals surface area contributed by atoms with Gasteiger partial charge in [0.2, 0.25) is 5.91 Å². The molecular weight excluding hydrogens is 370 g/mol. The maximum atomic E-state index is 12.3. The van der Waals surface area contributed by atoms with Crippen molar-refractivity contribution in [3.63, 3.8) is 0 Å². The van der Waals surface area contributed by atoms with Crippen molar-refractivity contribution in [2.24, 2.45) is 0 Å². The first-order valence-electron chi connectivity index (χ1n) is 8.99. The molecule has 0 aliphatic rings. The number of carbonyl (C=O) groups excluding carboxylic acids is 1. The minimum Gasteiger partial charge on any atom is -0.497 e. The van der Waals surface area contributed by atoms with Crippen LogP contribution in [0.1, 0.15) is 5.56 Å². The summed E-state index contributed by atoms with van der Waals surface area (Å²) in [5.41, 5.74) is 2.30. The highest BCUT2D eigenvalue weighted by Gasteiger charge is 2.09. The van der Waals surface area contributed by atoms with Gasteiger partial charge in [-0.3, -0.25) is 4.79 Å². The minimum absolute atomic E-state index is 0.146. The van der Waals surface area contributed by atoms with Crippen LogP contribution in [-0.4, -0.2) is 32.2 Å². The fourth-order valence-electron chi connectivity index (χ4n) is 2.77. The van der Waals surface area contributed by atoms with Crippen molar-refractivity contribution >= 4 is 23.1 Å². The van der Waals surface area contributed by atoms with Crippen molar-refractivity contribution < 1.29 is 19.0 Å². The molecule has 7 nitrogen and oxygen atoms in total. The fourth-order valence-corrected chi connectivity index (χ4v) is 2.77. The molecule has 0 atom stereocenters. The summed E-state index contributed by atoms with van der Waals surface area (Å²) in [6, 6.07) is 16.6. The predicted molar refractivity (Wildman–Crippen MR) is 112 cm³/mol. The van der Waals surface area contributed by atoms with Gasteiger partial charge in [0, 0.05) is 11.8 Å². The first-order chi connectivity index (χ1) is 14.1. The number of hydrogen-bond donors (Lipinski definition) is 2. The molecule has 3 aromatic rings. The molecule has 0 spiro atoms. The summed E-state index contributed by atoms with van der Waals surface area (Å²) in [7, 11) is 4.76. The number of hydrogen-bond acceptors (Lipinski definition) is 6. The van der Waals surface area contributed by atoms with Crippen LogP contribution < -0.4 is 24.8 Å². The van der Waals surface area contributed by atoms with E-state index in [1.54, 1.807) is 51.8 Å². The maximum absolute atomic E-state index is 12.3. The molecule has 7 heteroatoms. The van der Waals surface area contributed by atoms with Crippen LogP contribution in [0.4, 0.5) is 17.2 Å². The number of amides is 1. The summed E-state index contributed by atoms with van der Waals surface area (Å²) in [5, 5.41) is 6.04. The number of nitrogens with one attached hydrogen (secondary N) is 2. The summed E-state index contributed by atoms with van der Waals surface area (Å²) in [5.74, 6) is 2.49. The van der Waals surface area contributed by atoms with Crippen LogP contribution in [0.2, 0.25) is 0 Å². The van der Waals surface area contributed by atoms with Crippen molar-refractivity contribution in [3.05, 3.63) is 66.4 Å². The molecule has 0 aliphatic heterocycles. The monoisotopic (exact) mass is 393 g/mol. The lowest BCUT2D eigenvalue weighted by Crippen LogP contribution is -2.14. The van der Waals surface area contributed by atoms with E-state index >= 15 is 0 Å². The van der Waals surface area contributed by atoms with Crippen LogP contribution in [-0.2, 0) is 11.2 Å². The molecule has 150 valence electrons. The van der Waals surface area contributed by atoms with Gasteiger partial charge in [0.1, 0.15) is 11.6 Å². The second kappa shape index (κ2) is 9.45. The van der Waals surface area contributed by atoms with Crippen molar-refractivity contribution in [1.29, 1.82) is 0 Å². The Hall–Kier alpha value is -3.74. The smallest absolute Gasteiger partial charge is 0.228 e. The molecule has 0 saturated heterocycles. The van der Waals surface area contributed by atoms with E-state index in [4.69, 9.17) is 14.2 Å². The molecule has 0 fully saturated rings. The molecule has 0 aliphatic carbocycles. The number of rotatable bonds is 8. The van der Waals surface area contributed by atoms with E-state index in [1.165, 1.54) is 0 Å². The van der Waals surface area contributed by atoms with Crippen LogP contribution >= 0.6 is 0 Å². The molecule has 0 bridgehead atoms. The number of pyridine rings is 1. The third kappa shape index (κ3) is 5.38. The van der Waals surface area contributed by atoms with E-state index in [1.807, 2.05) is 30.3 Å². The number of anilines is 3. The predicted octanol–water partition coefficient (Wildman–Crippen LogP) is 4.03. The third-order valence-corrected chi connectivity index (χ3v) is 4.20. The SMILES string of the molecule is COc1cccc(Nc2ccc(NC(=O)Cc3ccc(OC)c(OC)c3)cn2)c1. The van der Waals surface area contributed by atoms with Crippen LogP contribution in [0.25, 0.3) is 0 Å². The lowest BCUT2D eigenvalue weighted by molar-refractivity contribution is -0.115. The molecule has 2 N–H and O–H groups in total. The number of methoxy groups -OCH3 is 3. The number of benzene rings is 2. The first-order valence-corrected chi connectivity index (χ1v) is 8.99. The molecule has 1 amide bonds. The summed E-state index contributed by atoms with van der Waals surface area (Å²) in [6.45, 7) is 0. The number of aromatic nitrogens is 1. The Kier molecular flexibility index (Phi) is 6.52. The lowest BCUT2D eigenvalue weighted by Gasteiger charge is -2.10. The molecule has 0 saturated carbocycles. The number of carbonyl (C=O) groups is 1. The standard InChI is InChI=1S/C22H23N3O4/c1-27-18-6-4-5-16(13-18)24-21-10-8-17(14-23-21)25-22(26)12-15-7-9-19(28-2)20(11-15)29-3/h4-11,13-14H,12H2,1-3H3,(H,23,24)(H,25,26). The van der Waals surface area contributed by atoms with Gasteiger partial charge >= 0.3 is 0 Å². The molecule has 2 aromatic carbocycles. The highest BCUT2D eigenvalue weighted by atomic mass is 16.5. The highest BCUT2D eigenvalue weighted by Crippen LogP contribution is 2.28. The van der Waals surface area contributed by atoms with Crippen LogP contribution in [0.15, 0.2) is 60.8 Å². The van der Waals surface area contributed by atoms with Gasteiger partial charge in [-0.05, 0) is 42.0 Å². The van der Waals surface area contributed by atoms with Gasteiger partial charge in [0.05, 0.1) is 39.6 Å². The van der Waals surface area contributed by atoms with Crippen LogP contribution in [0.5, 0.6) is 17.2 Å².